The first-order chi connectivity index (χ1) is 16.0. The van der Waals surface area contributed by atoms with E-state index in [4.69, 9.17) is 20.3 Å². The lowest BCUT2D eigenvalue weighted by atomic mass is 10.1. The summed E-state index contributed by atoms with van der Waals surface area (Å²) in [6.45, 7) is 8.95. The van der Waals surface area contributed by atoms with Crippen molar-refractivity contribution in [1.82, 2.24) is 5.32 Å². The highest BCUT2D eigenvalue weighted by Crippen LogP contribution is 2.27. The number of allylic oxidation sites excluding steroid dienone is 3. The normalized spacial score (nSPS) is 14.3. The smallest absolute Gasteiger partial charge is 0.336 e. The van der Waals surface area contributed by atoms with E-state index < -0.39 is 11.5 Å². The van der Waals surface area contributed by atoms with E-state index in [2.05, 4.69) is 16.9 Å². The Morgan fingerprint density at radius 3 is 2.62 bits per heavy atom. The molecule has 0 radical (unpaired) electrons. The lowest BCUT2D eigenvalue weighted by Gasteiger charge is -2.27. The number of phenolic OH excluding ortho intramolecular Hbond substituents is 1. The third-order valence-corrected chi connectivity index (χ3v) is 5.02. The Kier molecular flexibility index (Phi) is 8.80. The summed E-state index contributed by atoms with van der Waals surface area (Å²) in [6.07, 6.45) is 5.87. The summed E-state index contributed by atoms with van der Waals surface area (Å²) in [7, 11) is 1.43. The number of carboxylic acid groups (broad SMARTS) is 1. The molecule has 0 heterocycles. The summed E-state index contributed by atoms with van der Waals surface area (Å²) < 4.78 is 11.0. The zero-order valence-corrected chi connectivity index (χ0v) is 19.8. The molecule has 1 aromatic rings. The molecule has 0 aliphatic heterocycles. The minimum atomic E-state index is -1.14. The minimum absolute atomic E-state index is 0.100. The molecule has 0 fully saturated rings. The SMILES string of the molecule is C=C(C(=O)O)/C(C)=N\C1=C(CN)C(OCC(C)(C)NC(=O)c2ccc(OC)c(O)c2)=CC=CC1. The summed E-state index contributed by atoms with van der Waals surface area (Å²) in [5.41, 5.74) is 6.86. The molecule has 182 valence electrons. The standard InChI is InChI=1S/C25H31N3O6/c1-15(24(31)32)16(2)27-19-8-6-7-9-21(18(19)13-26)34-14-25(3,4)28-23(30)17-10-11-22(33-5)20(29)12-17/h6-7,9-12,29H,1,8,13-14,26H2,2-5H3,(H,28,30)(H,31,32)/b27-16-. The Bertz CT molecular complexity index is 1100. The fourth-order valence-corrected chi connectivity index (χ4v) is 3.10. The quantitative estimate of drug-likeness (QED) is 0.304. The fraction of sp³-hybridized carbons (Fsp3) is 0.320. The number of hydrogen-bond donors (Lipinski definition) is 4. The number of nitrogens with one attached hydrogen (secondary N) is 1. The number of benzene rings is 1. The molecule has 34 heavy (non-hydrogen) atoms. The van der Waals surface area contributed by atoms with Crippen LogP contribution in [0.5, 0.6) is 11.5 Å². The van der Waals surface area contributed by atoms with E-state index in [0.717, 1.165) is 0 Å². The van der Waals surface area contributed by atoms with Gasteiger partial charge in [-0.05, 0) is 45.0 Å². The van der Waals surface area contributed by atoms with E-state index in [1.165, 1.54) is 19.2 Å². The monoisotopic (exact) mass is 469 g/mol. The summed E-state index contributed by atoms with van der Waals surface area (Å²) >= 11 is 0. The Labute approximate surface area is 199 Å². The van der Waals surface area contributed by atoms with Gasteiger partial charge in [-0.25, -0.2) is 4.79 Å². The van der Waals surface area contributed by atoms with Crippen LogP contribution < -0.4 is 15.8 Å². The minimum Gasteiger partial charge on any atom is -0.504 e. The first kappa shape index (κ1) is 26.4. The topological polar surface area (TPSA) is 143 Å². The number of carbonyl (C=O) groups is 2. The average molecular weight is 470 g/mol. The molecule has 1 aliphatic carbocycles. The van der Waals surface area contributed by atoms with Gasteiger partial charge in [-0.2, -0.15) is 0 Å². The van der Waals surface area contributed by atoms with Crippen molar-refractivity contribution in [3.05, 3.63) is 71.2 Å². The molecule has 2 rings (SSSR count). The van der Waals surface area contributed by atoms with Crippen LogP contribution in [0.1, 0.15) is 37.6 Å². The van der Waals surface area contributed by atoms with E-state index in [9.17, 15) is 14.7 Å². The number of aromatic hydroxyl groups is 1. The maximum absolute atomic E-state index is 12.7. The Balaban J connectivity index is 2.18. The summed E-state index contributed by atoms with van der Waals surface area (Å²) in [6, 6.07) is 4.39. The molecule has 5 N–H and O–H groups in total. The van der Waals surface area contributed by atoms with Crippen LogP contribution >= 0.6 is 0 Å². The van der Waals surface area contributed by atoms with Crippen LogP contribution in [0.4, 0.5) is 0 Å². The molecule has 9 nitrogen and oxygen atoms in total. The van der Waals surface area contributed by atoms with Crippen LogP contribution in [0, 0.1) is 0 Å². The number of methoxy groups -OCH3 is 1. The molecule has 0 aromatic heterocycles. The highest BCUT2D eigenvalue weighted by atomic mass is 16.5. The molecule has 0 saturated carbocycles. The first-order valence-corrected chi connectivity index (χ1v) is 10.6. The van der Waals surface area contributed by atoms with Gasteiger partial charge in [-0.1, -0.05) is 18.7 Å². The Hall–Kier alpha value is -3.85. The predicted octanol–water partition coefficient (Wildman–Crippen LogP) is 3.08. The third-order valence-electron chi connectivity index (χ3n) is 5.02. The number of hydrogen-bond acceptors (Lipinski definition) is 7. The lowest BCUT2D eigenvalue weighted by Crippen LogP contribution is -2.47. The van der Waals surface area contributed by atoms with Crippen LogP contribution in [0.15, 0.2) is 70.6 Å². The number of nitrogens with two attached hydrogens (primary N) is 1. The number of carboxylic acids is 1. The van der Waals surface area contributed by atoms with Crippen molar-refractivity contribution in [3.8, 4) is 11.5 Å². The average Bonchev–Trinajstić information content (AvgIpc) is 2.98. The number of carbonyl (C=O) groups excluding carboxylic acids is 1. The van der Waals surface area contributed by atoms with Crippen molar-refractivity contribution >= 4 is 17.6 Å². The molecule has 0 spiro atoms. The van der Waals surface area contributed by atoms with E-state index in [-0.39, 0.29) is 47.4 Å². The maximum Gasteiger partial charge on any atom is 0.336 e. The van der Waals surface area contributed by atoms with Gasteiger partial charge in [0.2, 0.25) is 0 Å². The first-order valence-electron chi connectivity index (χ1n) is 10.6. The highest BCUT2D eigenvalue weighted by molar-refractivity contribution is 6.17. The van der Waals surface area contributed by atoms with Crippen molar-refractivity contribution in [1.29, 1.82) is 0 Å². The molecule has 0 bridgehead atoms. The van der Waals surface area contributed by atoms with Crippen molar-refractivity contribution in [2.45, 2.75) is 32.7 Å². The van der Waals surface area contributed by atoms with Gasteiger partial charge in [0.1, 0.15) is 12.4 Å². The van der Waals surface area contributed by atoms with Crippen LogP contribution in [-0.4, -0.2) is 53.6 Å². The number of aliphatic carboxylic acids is 1. The van der Waals surface area contributed by atoms with Gasteiger partial charge in [-0.3, -0.25) is 9.79 Å². The Morgan fingerprint density at radius 2 is 2.03 bits per heavy atom. The molecule has 0 unspecified atom stereocenters. The number of phenols is 1. The fourth-order valence-electron chi connectivity index (χ4n) is 3.10. The second kappa shape index (κ2) is 11.3. The molecule has 9 heteroatoms. The van der Waals surface area contributed by atoms with E-state index in [1.807, 2.05) is 6.08 Å². The number of rotatable bonds is 10. The molecule has 1 aliphatic rings. The van der Waals surface area contributed by atoms with Gasteiger partial charge in [0.25, 0.3) is 5.91 Å². The largest absolute Gasteiger partial charge is 0.504 e. The van der Waals surface area contributed by atoms with E-state index >= 15 is 0 Å². The van der Waals surface area contributed by atoms with Gasteiger partial charge in [0, 0.05) is 24.1 Å². The van der Waals surface area contributed by atoms with Gasteiger partial charge in [-0.15, -0.1) is 0 Å². The van der Waals surface area contributed by atoms with Crippen LogP contribution in [0.3, 0.4) is 0 Å². The number of aliphatic imine (C=N–C) groups is 1. The van der Waals surface area contributed by atoms with Crippen molar-refractivity contribution < 1.29 is 29.3 Å². The third kappa shape index (κ3) is 6.82. The van der Waals surface area contributed by atoms with Crippen LogP contribution in [0.25, 0.3) is 0 Å². The predicted molar refractivity (Wildman–Crippen MR) is 130 cm³/mol. The lowest BCUT2D eigenvalue weighted by molar-refractivity contribution is -0.132. The maximum atomic E-state index is 12.7. The van der Waals surface area contributed by atoms with Crippen molar-refractivity contribution in [3.63, 3.8) is 0 Å². The zero-order chi connectivity index (χ0) is 25.5. The molecular weight excluding hydrogens is 438 g/mol. The Morgan fingerprint density at radius 1 is 1.32 bits per heavy atom. The van der Waals surface area contributed by atoms with Gasteiger partial charge < -0.3 is 30.7 Å². The van der Waals surface area contributed by atoms with E-state index in [0.29, 0.717) is 23.5 Å². The van der Waals surface area contributed by atoms with Crippen molar-refractivity contribution in [2.75, 3.05) is 20.3 Å². The summed E-state index contributed by atoms with van der Waals surface area (Å²) in [5.74, 6) is -0.910. The summed E-state index contributed by atoms with van der Waals surface area (Å²) in [5, 5.41) is 22.0. The molecule has 1 amide bonds. The molecule has 0 atom stereocenters. The molecule has 1 aromatic carbocycles. The van der Waals surface area contributed by atoms with Gasteiger partial charge >= 0.3 is 5.97 Å². The van der Waals surface area contributed by atoms with E-state index in [1.54, 1.807) is 39.0 Å². The summed E-state index contributed by atoms with van der Waals surface area (Å²) in [4.78, 5) is 28.3. The molecular formula is C25H31N3O6. The number of amides is 1. The van der Waals surface area contributed by atoms with Crippen LogP contribution in [0.2, 0.25) is 0 Å². The second-order valence-corrected chi connectivity index (χ2v) is 8.29. The number of ether oxygens (including phenoxy) is 2. The molecule has 0 saturated heterocycles. The van der Waals surface area contributed by atoms with Gasteiger partial charge in [0.05, 0.1) is 29.6 Å². The van der Waals surface area contributed by atoms with Crippen LogP contribution in [-0.2, 0) is 9.53 Å². The second-order valence-electron chi connectivity index (χ2n) is 8.29. The van der Waals surface area contributed by atoms with Crippen molar-refractivity contribution in [2.24, 2.45) is 10.7 Å². The number of nitrogens with zero attached hydrogens (tertiary/aromatic N) is 1. The zero-order valence-electron chi connectivity index (χ0n) is 19.8. The van der Waals surface area contributed by atoms with Gasteiger partial charge in [0.15, 0.2) is 11.5 Å². The highest BCUT2D eigenvalue weighted by Gasteiger charge is 2.25.